The molecule has 1 aliphatic carbocycles. The first kappa shape index (κ1) is 12.8. The predicted molar refractivity (Wildman–Crippen MR) is 81.2 cm³/mol. The van der Waals surface area contributed by atoms with Crippen LogP contribution in [-0.4, -0.2) is 46.2 Å². The summed E-state index contributed by atoms with van der Waals surface area (Å²) in [5.74, 6) is 0.168. The van der Waals surface area contributed by atoms with Crippen LogP contribution in [0.4, 0.5) is 0 Å². The lowest BCUT2D eigenvalue weighted by Crippen LogP contribution is -2.61. The number of carbonyl (C=O) groups excluding carboxylic acids is 1. The summed E-state index contributed by atoms with van der Waals surface area (Å²) in [6, 6.07) is 5.80. The molecule has 0 atom stereocenters. The molecule has 4 rings (SSSR count). The van der Waals surface area contributed by atoms with E-state index in [2.05, 4.69) is 20.4 Å². The Labute approximate surface area is 123 Å². The second-order valence-corrected chi connectivity index (χ2v) is 6.24. The highest BCUT2D eigenvalue weighted by molar-refractivity contribution is 5.98. The van der Waals surface area contributed by atoms with Gasteiger partial charge >= 0.3 is 0 Å². The molecule has 1 amide bonds. The minimum atomic E-state index is 0.0423. The lowest BCUT2D eigenvalue weighted by molar-refractivity contribution is 0.0390. The van der Waals surface area contributed by atoms with Crippen molar-refractivity contribution >= 4 is 16.8 Å². The number of H-pyrrole nitrogens is 1. The summed E-state index contributed by atoms with van der Waals surface area (Å²) in [6.07, 6.45) is 6.48. The highest BCUT2D eigenvalue weighted by Crippen LogP contribution is 2.37. The summed E-state index contributed by atoms with van der Waals surface area (Å²) < 4.78 is 0. The highest BCUT2D eigenvalue weighted by atomic mass is 16.2. The zero-order chi connectivity index (χ0) is 14.3. The van der Waals surface area contributed by atoms with Crippen LogP contribution in [0, 0.1) is 0 Å². The van der Waals surface area contributed by atoms with Gasteiger partial charge in [0.1, 0.15) is 0 Å². The van der Waals surface area contributed by atoms with Crippen LogP contribution in [-0.2, 0) is 0 Å². The molecule has 0 bridgehead atoms. The van der Waals surface area contributed by atoms with Gasteiger partial charge in [0.2, 0.25) is 0 Å². The van der Waals surface area contributed by atoms with Crippen molar-refractivity contribution in [1.29, 1.82) is 0 Å². The molecule has 1 aromatic carbocycles. The maximum Gasteiger partial charge on any atom is 0.254 e. The molecular formula is C16H20N4O. The van der Waals surface area contributed by atoms with Crippen molar-refractivity contribution in [1.82, 2.24) is 20.4 Å². The van der Waals surface area contributed by atoms with Crippen LogP contribution in [0.5, 0.6) is 0 Å². The number of piperazine rings is 1. The van der Waals surface area contributed by atoms with Gasteiger partial charge in [0.25, 0.3) is 5.91 Å². The molecule has 2 heterocycles. The molecule has 1 aliphatic heterocycles. The lowest BCUT2D eigenvalue weighted by Gasteiger charge is -2.45. The molecular weight excluding hydrogens is 264 g/mol. The molecule has 2 fully saturated rings. The van der Waals surface area contributed by atoms with Gasteiger partial charge in [0.15, 0.2) is 0 Å². The maximum absolute atomic E-state index is 13.0. The Balaban J connectivity index is 1.68. The number of aromatic nitrogens is 2. The van der Waals surface area contributed by atoms with E-state index in [9.17, 15) is 4.79 Å². The number of hydrogen-bond donors (Lipinski definition) is 2. The number of fused-ring (bicyclic) bond motifs is 1. The molecule has 5 nitrogen and oxygen atoms in total. The van der Waals surface area contributed by atoms with Gasteiger partial charge in [-0.25, -0.2) is 0 Å². The average molecular weight is 284 g/mol. The van der Waals surface area contributed by atoms with E-state index in [1.54, 1.807) is 6.20 Å². The van der Waals surface area contributed by atoms with Crippen molar-refractivity contribution in [3.63, 3.8) is 0 Å². The van der Waals surface area contributed by atoms with E-state index >= 15 is 0 Å². The van der Waals surface area contributed by atoms with Crippen molar-refractivity contribution in [2.24, 2.45) is 0 Å². The van der Waals surface area contributed by atoms with E-state index in [0.29, 0.717) is 0 Å². The number of nitrogens with one attached hydrogen (secondary N) is 2. The van der Waals surface area contributed by atoms with E-state index in [-0.39, 0.29) is 11.4 Å². The molecule has 1 spiro atoms. The van der Waals surface area contributed by atoms with E-state index in [1.807, 2.05) is 18.2 Å². The fraction of sp³-hybridized carbons (Fsp3) is 0.500. The predicted octanol–water partition coefficient (Wildman–Crippen LogP) is 1.92. The smallest absolute Gasteiger partial charge is 0.254 e. The Bertz CT molecular complexity index is 672. The molecule has 1 saturated heterocycles. The number of rotatable bonds is 1. The van der Waals surface area contributed by atoms with Crippen LogP contribution >= 0.6 is 0 Å². The quantitative estimate of drug-likeness (QED) is 0.841. The van der Waals surface area contributed by atoms with Gasteiger partial charge in [-0.1, -0.05) is 12.8 Å². The van der Waals surface area contributed by atoms with Crippen molar-refractivity contribution in [2.45, 2.75) is 31.2 Å². The summed E-state index contributed by atoms with van der Waals surface area (Å²) in [6.45, 7) is 2.64. The van der Waals surface area contributed by atoms with E-state index < -0.39 is 0 Å². The topological polar surface area (TPSA) is 61.0 Å². The zero-order valence-corrected chi connectivity index (χ0v) is 12.1. The third kappa shape index (κ3) is 2.03. The fourth-order valence-electron chi connectivity index (χ4n) is 3.87. The highest BCUT2D eigenvalue weighted by Gasteiger charge is 2.43. The summed E-state index contributed by atoms with van der Waals surface area (Å²) in [7, 11) is 0. The number of carbonyl (C=O) groups is 1. The average Bonchev–Trinajstić information content (AvgIpc) is 3.16. The van der Waals surface area contributed by atoms with E-state index in [1.165, 1.54) is 12.8 Å². The minimum absolute atomic E-state index is 0.0423. The van der Waals surface area contributed by atoms with E-state index in [0.717, 1.165) is 48.9 Å². The van der Waals surface area contributed by atoms with Gasteiger partial charge < -0.3 is 10.2 Å². The van der Waals surface area contributed by atoms with Crippen molar-refractivity contribution in [2.75, 3.05) is 19.6 Å². The van der Waals surface area contributed by atoms with Crippen LogP contribution in [0.3, 0.4) is 0 Å². The SMILES string of the molecule is O=C(c1ccc2[nH]ncc2c1)N1CCNCC12CCCC2. The minimum Gasteiger partial charge on any atom is -0.330 e. The maximum atomic E-state index is 13.0. The third-order valence-electron chi connectivity index (χ3n) is 5.01. The van der Waals surface area contributed by atoms with Gasteiger partial charge in [-0.3, -0.25) is 9.89 Å². The number of nitrogens with zero attached hydrogens (tertiary/aromatic N) is 2. The van der Waals surface area contributed by atoms with Crippen LogP contribution in [0.1, 0.15) is 36.0 Å². The van der Waals surface area contributed by atoms with Crippen LogP contribution < -0.4 is 5.32 Å². The largest absolute Gasteiger partial charge is 0.330 e. The fourth-order valence-corrected chi connectivity index (χ4v) is 3.87. The Morgan fingerprint density at radius 3 is 3.00 bits per heavy atom. The van der Waals surface area contributed by atoms with Gasteiger partial charge in [0.05, 0.1) is 17.3 Å². The van der Waals surface area contributed by atoms with Crippen LogP contribution in [0.2, 0.25) is 0 Å². The summed E-state index contributed by atoms with van der Waals surface area (Å²) in [5.41, 5.74) is 1.79. The number of hydrogen-bond acceptors (Lipinski definition) is 3. The lowest BCUT2D eigenvalue weighted by atomic mass is 9.91. The molecule has 110 valence electrons. The molecule has 0 radical (unpaired) electrons. The Kier molecular flexibility index (Phi) is 2.96. The Morgan fingerprint density at radius 1 is 1.29 bits per heavy atom. The molecule has 2 aromatic rings. The summed E-state index contributed by atoms with van der Waals surface area (Å²) in [5, 5.41) is 11.4. The van der Waals surface area contributed by atoms with E-state index in [4.69, 9.17) is 0 Å². The second-order valence-electron chi connectivity index (χ2n) is 6.24. The number of aromatic amines is 1. The van der Waals surface area contributed by atoms with Crippen LogP contribution in [0.25, 0.3) is 10.9 Å². The molecule has 1 aromatic heterocycles. The second kappa shape index (κ2) is 4.84. The zero-order valence-electron chi connectivity index (χ0n) is 12.1. The Morgan fingerprint density at radius 2 is 2.14 bits per heavy atom. The van der Waals surface area contributed by atoms with Crippen molar-refractivity contribution < 1.29 is 4.79 Å². The molecule has 1 saturated carbocycles. The number of amides is 1. The standard InChI is InChI=1S/C16H20N4O/c21-15(12-3-4-14-13(9-12)10-18-19-14)20-8-7-17-11-16(20)5-1-2-6-16/h3-4,9-10,17H,1-2,5-8,11H2,(H,18,19). The number of benzene rings is 1. The van der Waals surface area contributed by atoms with Gasteiger partial charge in [0, 0.05) is 30.6 Å². The van der Waals surface area contributed by atoms with Gasteiger partial charge in [-0.15, -0.1) is 0 Å². The summed E-state index contributed by atoms with van der Waals surface area (Å²) in [4.78, 5) is 15.1. The molecule has 2 N–H and O–H groups in total. The van der Waals surface area contributed by atoms with Crippen LogP contribution in [0.15, 0.2) is 24.4 Å². The third-order valence-corrected chi connectivity index (χ3v) is 5.01. The molecule has 21 heavy (non-hydrogen) atoms. The summed E-state index contributed by atoms with van der Waals surface area (Å²) >= 11 is 0. The first-order valence-electron chi connectivity index (χ1n) is 7.74. The molecule has 2 aliphatic rings. The van der Waals surface area contributed by atoms with Gasteiger partial charge in [-0.2, -0.15) is 5.10 Å². The first-order valence-corrected chi connectivity index (χ1v) is 7.74. The monoisotopic (exact) mass is 284 g/mol. The molecule has 0 unspecified atom stereocenters. The van der Waals surface area contributed by atoms with Gasteiger partial charge in [-0.05, 0) is 31.0 Å². The Hall–Kier alpha value is -1.88. The molecule has 5 heteroatoms. The normalized spacial score (nSPS) is 21.2. The first-order chi connectivity index (χ1) is 10.3. The van der Waals surface area contributed by atoms with Crippen molar-refractivity contribution in [3.8, 4) is 0 Å². The van der Waals surface area contributed by atoms with Crippen molar-refractivity contribution in [3.05, 3.63) is 30.0 Å².